The lowest BCUT2D eigenvalue weighted by atomic mass is 10.0. The average Bonchev–Trinajstić information content (AvgIpc) is 3.27. The zero-order valence-electron chi connectivity index (χ0n) is 17.8. The van der Waals surface area contributed by atoms with Crippen LogP contribution in [-0.2, 0) is 13.0 Å². The van der Waals surface area contributed by atoms with Crippen molar-refractivity contribution in [2.24, 2.45) is 0 Å². The highest BCUT2D eigenvalue weighted by molar-refractivity contribution is 5.44. The van der Waals surface area contributed by atoms with Crippen LogP contribution in [0.4, 0.5) is 0 Å². The Morgan fingerprint density at radius 2 is 1.63 bits per heavy atom. The average molecular weight is 408 g/mol. The largest absolute Gasteiger partial charge is 0.454 e. The monoisotopic (exact) mass is 407 g/mol. The molecule has 2 saturated heterocycles. The summed E-state index contributed by atoms with van der Waals surface area (Å²) in [4.78, 5) is 8.00. The second kappa shape index (κ2) is 9.38. The van der Waals surface area contributed by atoms with E-state index in [0.717, 1.165) is 43.6 Å². The molecule has 2 aromatic rings. The molecule has 0 N–H and O–H groups in total. The summed E-state index contributed by atoms with van der Waals surface area (Å²) >= 11 is 0. The Labute approximate surface area is 180 Å². The first-order chi connectivity index (χ1) is 14.8. The van der Waals surface area contributed by atoms with Gasteiger partial charge in [-0.15, -0.1) is 0 Å². The first kappa shape index (κ1) is 19.9. The molecule has 3 heterocycles. The highest BCUT2D eigenvalue weighted by Gasteiger charge is 2.28. The van der Waals surface area contributed by atoms with Crippen molar-refractivity contribution in [2.45, 2.75) is 31.8 Å². The van der Waals surface area contributed by atoms with Crippen LogP contribution in [0.5, 0.6) is 11.5 Å². The maximum Gasteiger partial charge on any atom is 0.231 e. The van der Waals surface area contributed by atoms with Crippen molar-refractivity contribution in [2.75, 3.05) is 52.6 Å². The fourth-order valence-electron chi connectivity index (χ4n) is 5.05. The summed E-state index contributed by atoms with van der Waals surface area (Å²) in [5.74, 6) is 1.77. The van der Waals surface area contributed by atoms with Crippen molar-refractivity contribution in [3.63, 3.8) is 0 Å². The molecule has 0 aromatic heterocycles. The normalized spacial score (nSPS) is 23.0. The van der Waals surface area contributed by atoms with Gasteiger partial charge >= 0.3 is 0 Å². The van der Waals surface area contributed by atoms with Gasteiger partial charge in [0.05, 0.1) is 0 Å². The minimum Gasteiger partial charge on any atom is -0.454 e. The third kappa shape index (κ3) is 4.80. The van der Waals surface area contributed by atoms with Gasteiger partial charge in [0.1, 0.15) is 0 Å². The van der Waals surface area contributed by atoms with Gasteiger partial charge in [0.2, 0.25) is 6.79 Å². The van der Waals surface area contributed by atoms with Crippen LogP contribution in [0.15, 0.2) is 48.5 Å². The number of ether oxygens (including phenoxy) is 2. The van der Waals surface area contributed by atoms with Crippen molar-refractivity contribution < 1.29 is 9.47 Å². The number of likely N-dealkylation sites (tertiary alicyclic amines) is 1. The van der Waals surface area contributed by atoms with E-state index in [9.17, 15) is 0 Å². The third-order valence-corrected chi connectivity index (χ3v) is 6.81. The Hall–Kier alpha value is -2.08. The molecule has 3 aliphatic heterocycles. The molecule has 5 rings (SSSR count). The number of nitrogens with zero attached hydrogens (tertiary/aromatic N) is 3. The Kier molecular flexibility index (Phi) is 6.21. The minimum atomic E-state index is 0.348. The van der Waals surface area contributed by atoms with E-state index in [-0.39, 0.29) is 0 Å². The second-order valence-corrected chi connectivity index (χ2v) is 8.83. The molecular formula is C25H33N3O2. The fourth-order valence-corrected chi connectivity index (χ4v) is 5.05. The van der Waals surface area contributed by atoms with E-state index in [1.807, 2.05) is 6.07 Å². The summed E-state index contributed by atoms with van der Waals surface area (Å²) in [6.07, 6.45) is 3.84. The van der Waals surface area contributed by atoms with E-state index in [1.54, 1.807) is 0 Å². The molecule has 2 aromatic carbocycles. The molecule has 0 spiro atoms. The Balaban J connectivity index is 1.08. The molecule has 3 aliphatic rings. The summed E-state index contributed by atoms with van der Waals surface area (Å²) in [6, 6.07) is 18.0. The van der Waals surface area contributed by atoms with Crippen molar-refractivity contribution in [1.82, 2.24) is 14.7 Å². The lowest BCUT2D eigenvalue weighted by Crippen LogP contribution is -2.55. The van der Waals surface area contributed by atoms with Gasteiger partial charge in [0.15, 0.2) is 11.5 Å². The standard InChI is InChI=1S/C25H33N3O2/c1-2-5-21(6-3-1)10-12-26-11-4-7-23(19-26)28-15-13-27(14-16-28)18-22-8-9-24-25(17-22)30-20-29-24/h1-3,5-6,8-9,17,23H,4,7,10-16,18-20H2. The molecule has 0 saturated carbocycles. The molecule has 0 radical (unpaired) electrons. The van der Waals surface area contributed by atoms with Crippen LogP contribution in [0.1, 0.15) is 24.0 Å². The summed E-state index contributed by atoms with van der Waals surface area (Å²) in [5, 5.41) is 0. The van der Waals surface area contributed by atoms with Crippen LogP contribution in [-0.4, -0.2) is 73.3 Å². The maximum absolute atomic E-state index is 5.53. The van der Waals surface area contributed by atoms with Gasteiger partial charge in [-0.05, 0) is 49.1 Å². The molecule has 0 aliphatic carbocycles. The van der Waals surface area contributed by atoms with Crippen LogP contribution >= 0.6 is 0 Å². The quantitative estimate of drug-likeness (QED) is 0.733. The van der Waals surface area contributed by atoms with Gasteiger partial charge in [-0.25, -0.2) is 0 Å². The lowest BCUT2D eigenvalue weighted by Gasteiger charge is -2.43. The summed E-state index contributed by atoms with van der Waals surface area (Å²) in [6.45, 7) is 9.68. The highest BCUT2D eigenvalue weighted by atomic mass is 16.7. The van der Waals surface area contributed by atoms with Gasteiger partial charge in [-0.3, -0.25) is 9.80 Å². The molecule has 5 nitrogen and oxygen atoms in total. The number of hydrogen-bond donors (Lipinski definition) is 0. The molecule has 0 bridgehead atoms. The van der Waals surface area contributed by atoms with Crippen molar-refractivity contribution >= 4 is 0 Å². The van der Waals surface area contributed by atoms with E-state index >= 15 is 0 Å². The maximum atomic E-state index is 5.53. The molecule has 0 amide bonds. The predicted molar refractivity (Wildman–Crippen MR) is 119 cm³/mol. The molecule has 160 valence electrons. The molecular weight excluding hydrogens is 374 g/mol. The van der Waals surface area contributed by atoms with Crippen LogP contribution in [0.25, 0.3) is 0 Å². The van der Waals surface area contributed by atoms with Gasteiger partial charge in [0, 0.05) is 51.9 Å². The summed E-state index contributed by atoms with van der Waals surface area (Å²) in [5.41, 5.74) is 2.77. The zero-order chi connectivity index (χ0) is 20.2. The molecule has 2 fully saturated rings. The van der Waals surface area contributed by atoms with Gasteiger partial charge in [-0.1, -0.05) is 36.4 Å². The molecule has 5 heteroatoms. The zero-order valence-corrected chi connectivity index (χ0v) is 17.8. The summed E-state index contributed by atoms with van der Waals surface area (Å²) < 4.78 is 11.0. The second-order valence-electron chi connectivity index (χ2n) is 8.83. The van der Waals surface area contributed by atoms with Crippen molar-refractivity contribution in [1.29, 1.82) is 0 Å². The molecule has 1 unspecified atom stereocenters. The first-order valence-electron chi connectivity index (χ1n) is 11.4. The van der Waals surface area contributed by atoms with E-state index in [4.69, 9.17) is 9.47 Å². The van der Waals surface area contributed by atoms with Crippen molar-refractivity contribution in [3.05, 3.63) is 59.7 Å². The lowest BCUT2D eigenvalue weighted by molar-refractivity contribution is 0.0502. The molecule has 30 heavy (non-hydrogen) atoms. The topological polar surface area (TPSA) is 28.2 Å². The van der Waals surface area contributed by atoms with E-state index in [2.05, 4.69) is 57.2 Å². The number of piperidine rings is 1. The number of rotatable bonds is 6. The Morgan fingerprint density at radius 1 is 0.800 bits per heavy atom. The molecule has 1 atom stereocenters. The smallest absolute Gasteiger partial charge is 0.231 e. The van der Waals surface area contributed by atoms with E-state index in [1.165, 1.54) is 56.7 Å². The number of piperazine rings is 1. The SMILES string of the molecule is c1ccc(CCN2CCCC(N3CCN(Cc4ccc5c(c4)OCO5)CC3)C2)cc1. The van der Waals surface area contributed by atoms with Crippen LogP contribution in [0.2, 0.25) is 0 Å². The van der Waals surface area contributed by atoms with Gasteiger partial charge < -0.3 is 14.4 Å². The van der Waals surface area contributed by atoms with Gasteiger partial charge in [-0.2, -0.15) is 0 Å². The highest BCUT2D eigenvalue weighted by Crippen LogP contribution is 2.33. The Morgan fingerprint density at radius 3 is 2.50 bits per heavy atom. The fraction of sp³-hybridized carbons (Fsp3) is 0.520. The number of benzene rings is 2. The van der Waals surface area contributed by atoms with Crippen LogP contribution in [0.3, 0.4) is 0 Å². The predicted octanol–water partition coefficient (Wildman–Crippen LogP) is 3.24. The van der Waals surface area contributed by atoms with E-state index in [0.29, 0.717) is 6.79 Å². The van der Waals surface area contributed by atoms with E-state index < -0.39 is 0 Å². The van der Waals surface area contributed by atoms with Crippen LogP contribution in [0, 0.1) is 0 Å². The van der Waals surface area contributed by atoms with Crippen LogP contribution < -0.4 is 9.47 Å². The minimum absolute atomic E-state index is 0.348. The number of fused-ring (bicyclic) bond motifs is 1. The van der Waals surface area contributed by atoms with Crippen molar-refractivity contribution in [3.8, 4) is 11.5 Å². The Bertz CT molecular complexity index is 820. The first-order valence-corrected chi connectivity index (χ1v) is 11.4. The van der Waals surface area contributed by atoms with Gasteiger partial charge in [0.25, 0.3) is 0 Å². The summed E-state index contributed by atoms with van der Waals surface area (Å²) in [7, 11) is 0. The number of hydrogen-bond acceptors (Lipinski definition) is 5. The third-order valence-electron chi connectivity index (χ3n) is 6.81.